The standard InChI is InChI=1S/C10H20N2O2/c1-4-6-7-8(5-2)9(13)12(3)10(11)14/h8H,4-7H2,1-3H3,(H2,11,14). The van der Waals surface area contributed by atoms with E-state index in [9.17, 15) is 9.59 Å². The molecule has 0 rings (SSSR count). The lowest BCUT2D eigenvalue weighted by Crippen LogP contribution is -2.40. The molecule has 0 bridgehead atoms. The molecule has 0 aliphatic carbocycles. The van der Waals surface area contributed by atoms with Gasteiger partial charge in [0.25, 0.3) is 0 Å². The first kappa shape index (κ1) is 12.9. The SMILES string of the molecule is CCCCC(CC)C(=O)N(C)C(N)=O. The summed E-state index contributed by atoms with van der Waals surface area (Å²) in [6.45, 7) is 4.03. The van der Waals surface area contributed by atoms with E-state index in [0.717, 1.165) is 30.6 Å². The van der Waals surface area contributed by atoms with Crippen LogP contribution in [0.15, 0.2) is 0 Å². The minimum atomic E-state index is -0.676. The maximum absolute atomic E-state index is 11.6. The summed E-state index contributed by atoms with van der Waals surface area (Å²) >= 11 is 0. The van der Waals surface area contributed by atoms with Crippen molar-refractivity contribution in [3.05, 3.63) is 0 Å². The van der Waals surface area contributed by atoms with Crippen LogP contribution in [0.3, 0.4) is 0 Å². The fraction of sp³-hybridized carbons (Fsp3) is 0.800. The van der Waals surface area contributed by atoms with E-state index in [1.807, 2.05) is 6.92 Å². The van der Waals surface area contributed by atoms with Gasteiger partial charge in [-0.2, -0.15) is 0 Å². The van der Waals surface area contributed by atoms with Crippen LogP contribution in [-0.2, 0) is 4.79 Å². The number of urea groups is 1. The topological polar surface area (TPSA) is 63.4 Å². The third kappa shape index (κ3) is 3.77. The number of amides is 3. The number of nitrogens with two attached hydrogens (primary N) is 1. The lowest BCUT2D eigenvalue weighted by molar-refractivity contribution is -0.131. The Hall–Kier alpha value is -1.06. The summed E-state index contributed by atoms with van der Waals surface area (Å²) in [5.41, 5.74) is 5.02. The maximum atomic E-state index is 11.6. The Morgan fingerprint density at radius 1 is 1.36 bits per heavy atom. The van der Waals surface area contributed by atoms with Gasteiger partial charge in [-0.3, -0.25) is 9.69 Å². The first-order chi connectivity index (χ1) is 6.54. The van der Waals surface area contributed by atoms with Crippen LogP contribution in [0.2, 0.25) is 0 Å². The number of nitrogens with zero attached hydrogens (tertiary/aromatic N) is 1. The molecule has 0 saturated carbocycles. The van der Waals surface area contributed by atoms with E-state index in [4.69, 9.17) is 5.73 Å². The van der Waals surface area contributed by atoms with Crippen molar-refractivity contribution < 1.29 is 9.59 Å². The lowest BCUT2D eigenvalue weighted by Gasteiger charge is -2.19. The highest BCUT2D eigenvalue weighted by molar-refractivity contribution is 5.94. The van der Waals surface area contributed by atoms with E-state index in [2.05, 4.69) is 6.92 Å². The molecule has 3 amide bonds. The number of carbonyl (C=O) groups excluding carboxylic acids is 2. The monoisotopic (exact) mass is 200 g/mol. The van der Waals surface area contributed by atoms with Gasteiger partial charge < -0.3 is 5.73 Å². The third-order valence-electron chi connectivity index (χ3n) is 2.41. The first-order valence-corrected chi connectivity index (χ1v) is 5.11. The van der Waals surface area contributed by atoms with Crippen LogP contribution in [0.25, 0.3) is 0 Å². The number of hydrogen-bond acceptors (Lipinski definition) is 2. The molecule has 0 radical (unpaired) electrons. The molecule has 1 atom stereocenters. The maximum Gasteiger partial charge on any atom is 0.321 e. The number of unbranched alkanes of at least 4 members (excludes halogenated alkanes) is 1. The molecule has 0 aromatic heterocycles. The van der Waals surface area contributed by atoms with Gasteiger partial charge in [-0.15, -0.1) is 0 Å². The van der Waals surface area contributed by atoms with Crippen molar-refractivity contribution >= 4 is 11.9 Å². The number of hydrogen-bond donors (Lipinski definition) is 1. The molecule has 0 aliphatic heterocycles. The van der Waals surface area contributed by atoms with Gasteiger partial charge >= 0.3 is 6.03 Å². The van der Waals surface area contributed by atoms with Crippen molar-refractivity contribution in [3.63, 3.8) is 0 Å². The molecule has 0 saturated heterocycles. The summed E-state index contributed by atoms with van der Waals surface area (Å²) in [5, 5.41) is 0. The summed E-state index contributed by atoms with van der Waals surface area (Å²) in [5.74, 6) is -0.221. The number of imide groups is 1. The summed E-state index contributed by atoms with van der Waals surface area (Å²) < 4.78 is 0. The predicted molar refractivity (Wildman–Crippen MR) is 55.7 cm³/mol. The van der Waals surface area contributed by atoms with Crippen LogP contribution in [0, 0.1) is 5.92 Å². The summed E-state index contributed by atoms with van der Waals surface area (Å²) in [7, 11) is 1.43. The van der Waals surface area contributed by atoms with Gasteiger partial charge in [0.1, 0.15) is 0 Å². The molecule has 4 nitrogen and oxygen atoms in total. The summed E-state index contributed by atoms with van der Waals surface area (Å²) in [6.07, 6.45) is 3.67. The second kappa shape index (κ2) is 6.40. The fourth-order valence-corrected chi connectivity index (χ4v) is 1.34. The van der Waals surface area contributed by atoms with Crippen LogP contribution < -0.4 is 5.73 Å². The van der Waals surface area contributed by atoms with Gasteiger partial charge in [0.05, 0.1) is 0 Å². The molecule has 4 heteroatoms. The average molecular weight is 200 g/mol. The molecule has 2 N–H and O–H groups in total. The van der Waals surface area contributed by atoms with Crippen LogP contribution in [0.1, 0.15) is 39.5 Å². The zero-order chi connectivity index (χ0) is 11.1. The van der Waals surface area contributed by atoms with Gasteiger partial charge in [0, 0.05) is 13.0 Å². The quantitative estimate of drug-likeness (QED) is 0.734. The van der Waals surface area contributed by atoms with E-state index in [1.165, 1.54) is 7.05 Å². The van der Waals surface area contributed by atoms with Crippen LogP contribution in [-0.4, -0.2) is 23.9 Å². The molecule has 14 heavy (non-hydrogen) atoms. The van der Waals surface area contributed by atoms with Crippen LogP contribution >= 0.6 is 0 Å². The largest absolute Gasteiger partial charge is 0.351 e. The average Bonchev–Trinajstić information content (AvgIpc) is 2.17. The third-order valence-corrected chi connectivity index (χ3v) is 2.41. The number of rotatable bonds is 5. The second-order valence-corrected chi connectivity index (χ2v) is 3.48. The first-order valence-electron chi connectivity index (χ1n) is 5.11. The predicted octanol–water partition coefficient (Wildman–Crippen LogP) is 1.74. The van der Waals surface area contributed by atoms with E-state index >= 15 is 0 Å². The van der Waals surface area contributed by atoms with E-state index in [-0.39, 0.29) is 11.8 Å². The molecule has 82 valence electrons. The van der Waals surface area contributed by atoms with Gasteiger partial charge in [-0.05, 0) is 12.8 Å². The molecule has 0 aromatic rings. The van der Waals surface area contributed by atoms with Gasteiger partial charge in [-0.25, -0.2) is 4.79 Å². The zero-order valence-electron chi connectivity index (χ0n) is 9.25. The zero-order valence-corrected chi connectivity index (χ0v) is 9.25. The Labute approximate surface area is 85.4 Å². The van der Waals surface area contributed by atoms with Gasteiger partial charge in [0.2, 0.25) is 5.91 Å². The Morgan fingerprint density at radius 2 is 1.93 bits per heavy atom. The van der Waals surface area contributed by atoms with Crippen LogP contribution in [0.4, 0.5) is 4.79 Å². The molecular formula is C10H20N2O2. The molecular weight excluding hydrogens is 180 g/mol. The number of primary amides is 1. The van der Waals surface area contributed by atoms with Gasteiger partial charge in [-0.1, -0.05) is 26.7 Å². The highest BCUT2D eigenvalue weighted by Crippen LogP contribution is 2.14. The van der Waals surface area contributed by atoms with Crippen molar-refractivity contribution in [2.24, 2.45) is 11.7 Å². The Kier molecular flexibility index (Phi) is 5.92. The van der Waals surface area contributed by atoms with E-state index in [0.29, 0.717) is 0 Å². The van der Waals surface area contributed by atoms with E-state index in [1.54, 1.807) is 0 Å². The Morgan fingerprint density at radius 3 is 2.29 bits per heavy atom. The van der Waals surface area contributed by atoms with Crippen molar-refractivity contribution in [1.29, 1.82) is 0 Å². The van der Waals surface area contributed by atoms with Crippen molar-refractivity contribution in [1.82, 2.24) is 4.90 Å². The molecule has 0 aromatic carbocycles. The summed E-state index contributed by atoms with van der Waals surface area (Å²) in [4.78, 5) is 23.4. The van der Waals surface area contributed by atoms with Gasteiger partial charge in [0.15, 0.2) is 0 Å². The molecule has 0 spiro atoms. The molecule has 0 aliphatic rings. The Bertz CT molecular complexity index is 204. The van der Waals surface area contributed by atoms with Crippen molar-refractivity contribution in [2.75, 3.05) is 7.05 Å². The number of carbonyl (C=O) groups is 2. The minimum absolute atomic E-state index is 0.0625. The second-order valence-electron chi connectivity index (χ2n) is 3.48. The molecule has 0 heterocycles. The van der Waals surface area contributed by atoms with Crippen LogP contribution in [0.5, 0.6) is 0 Å². The minimum Gasteiger partial charge on any atom is -0.351 e. The van der Waals surface area contributed by atoms with Crippen molar-refractivity contribution in [2.45, 2.75) is 39.5 Å². The lowest BCUT2D eigenvalue weighted by atomic mass is 9.98. The smallest absolute Gasteiger partial charge is 0.321 e. The fourth-order valence-electron chi connectivity index (χ4n) is 1.34. The highest BCUT2D eigenvalue weighted by Gasteiger charge is 2.22. The van der Waals surface area contributed by atoms with Crippen molar-refractivity contribution in [3.8, 4) is 0 Å². The molecule has 1 unspecified atom stereocenters. The highest BCUT2D eigenvalue weighted by atomic mass is 16.2. The normalized spacial score (nSPS) is 12.2. The summed E-state index contributed by atoms with van der Waals surface area (Å²) in [6, 6.07) is -0.676. The Balaban J connectivity index is 4.23. The van der Waals surface area contributed by atoms with E-state index < -0.39 is 6.03 Å². The molecule has 0 fully saturated rings.